The Morgan fingerprint density at radius 1 is 1.39 bits per heavy atom. The molecule has 100 valence electrons. The van der Waals surface area contributed by atoms with Crippen LogP contribution in [0.5, 0.6) is 5.75 Å². The normalized spacial score (nSPS) is 11.9. The number of aliphatic hydroxyl groups is 1. The maximum atomic E-state index is 11.8. The SMILES string of the molecule is CCOc1ccc(C(=O)NCC(C)CCO)cc1. The van der Waals surface area contributed by atoms with Gasteiger partial charge in [-0.15, -0.1) is 0 Å². The van der Waals surface area contributed by atoms with Gasteiger partial charge in [0.1, 0.15) is 5.75 Å². The summed E-state index contributed by atoms with van der Waals surface area (Å²) in [6.45, 7) is 5.26. The van der Waals surface area contributed by atoms with Gasteiger partial charge in [0, 0.05) is 18.7 Å². The molecule has 0 radical (unpaired) electrons. The van der Waals surface area contributed by atoms with E-state index in [2.05, 4.69) is 5.32 Å². The van der Waals surface area contributed by atoms with Crippen LogP contribution < -0.4 is 10.1 Å². The molecule has 18 heavy (non-hydrogen) atoms. The van der Waals surface area contributed by atoms with E-state index in [0.717, 1.165) is 5.75 Å². The van der Waals surface area contributed by atoms with E-state index in [1.807, 2.05) is 13.8 Å². The van der Waals surface area contributed by atoms with Gasteiger partial charge in [0.15, 0.2) is 0 Å². The molecule has 1 aromatic rings. The zero-order chi connectivity index (χ0) is 13.4. The minimum atomic E-state index is -0.0946. The number of benzene rings is 1. The molecule has 1 unspecified atom stereocenters. The van der Waals surface area contributed by atoms with Gasteiger partial charge in [0.25, 0.3) is 5.91 Å². The Balaban J connectivity index is 2.46. The number of hydrogen-bond donors (Lipinski definition) is 2. The number of ether oxygens (including phenoxy) is 1. The predicted octanol–water partition coefficient (Wildman–Crippen LogP) is 1.83. The van der Waals surface area contributed by atoms with Gasteiger partial charge in [0.05, 0.1) is 6.61 Å². The van der Waals surface area contributed by atoms with Gasteiger partial charge in [-0.2, -0.15) is 0 Å². The average molecular weight is 251 g/mol. The zero-order valence-electron chi connectivity index (χ0n) is 11.0. The third kappa shape index (κ3) is 4.75. The fourth-order valence-corrected chi connectivity index (χ4v) is 1.56. The van der Waals surface area contributed by atoms with Crippen LogP contribution >= 0.6 is 0 Å². The summed E-state index contributed by atoms with van der Waals surface area (Å²) in [7, 11) is 0. The van der Waals surface area contributed by atoms with Gasteiger partial charge in [-0.05, 0) is 43.5 Å². The molecule has 0 aromatic heterocycles. The first kappa shape index (κ1) is 14.5. The van der Waals surface area contributed by atoms with E-state index >= 15 is 0 Å². The molecular weight excluding hydrogens is 230 g/mol. The lowest BCUT2D eigenvalue weighted by atomic mass is 10.1. The van der Waals surface area contributed by atoms with Crippen LogP contribution in [0.25, 0.3) is 0 Å². The highest BCUT2D eigenvalue weighted by atomic mass is 16.5. The van der Waals surface area contributed by atoms with E-state index in [4.69, 9.17) is 9.84 Å². The van der Waals surface area contributed by atoms with E-state index in [-0.39, 0.29) is 18.4 Å². The third-order valence-electron chi connectivity index (χ3n) is 2.66. The first-order valence-electron chi connectivity index (χ1n) is 6.29. The van der Waals surface area contributed by atoms with Gasteiger partial charge >= 0.3 is 0 Å². The quantitative estimate of drug-likeness (QED) is 0.777. The Morgan fingerprint density at radius 3 is 2.61 bits per heavy atom. The number of amides is 1. The Kier molecular flexibility index (Phi) is 6.22. The number of hydrogen-bond acceptors (Lipinski definition) is 3. The maximum Gasteiger partial charge on any atom is 0.251 e. The highest BCUT2D eigenvalue weighted by Gasteiger charge is 2.07. The summed E-state index contributed by atoms with van der Waals surface area (Å²) in [5.74, 6) is 0.951. The lowest BCUT2D eigenvalue weighted by Crippen LogP contribution is -2.28. The van der Waals surface area contributed by atoms with Crippen molar-refractivity contribution in [2.24, 2.45) is 5.92 Å². The fourth-order valence-electron chi connectivity index (χ4n) is 1.56. The Hall–Kier alpha value is -1.55. The molecule has 0 saturated carbocycles. The molecule has 0 spiro atoms. The Labute approximate surface area is 108 Å². The highest BCUT2D eigenvalue weighted by Crippen LogP contribution is 2.12. The molecule has 1 amide bonds. The molecule has 0 aliphatic heterocycles. The van der Waals surface area contributed by atoms with Crippen molar-refractivity contribution in [3.05, 3.63) is 29.8 Å². The monoisotopic (exact) mass is 251 g/mol. The van der Waals surface area contributed by atoms with Crippen LogP contribution in [0.4, 0.5) is 0 Å². The summed E-state index contributed by atoms with van der Waals surface area (Å²) < 4.78 is 5.31. The second-order valence-corrected chi connectivity index (χ2v) is 4.28. The largest absolute Gasteiger partial charge is 0.494 e. The van der Waals surface area contributed by atoms with Crippen molar-refractivity contribution in [2.45, 2.75) is 20.3 Å². The van der Waals surface area contributed by atoms with Crippen LogP contribution in [-0.4, -0.2) is 30.8 Å². The lowest BCUT2D eigenvalue weighted by molar-refractivity contribution is 0.0945. The van der Waals surface area contributed by atoms with Crippen LogP contribution in [0.15, 0.2) is 24.3 Å². The summed E-state index contributed by atoms with van der Waals surface area (Å²) in [5, 5.41) is 11.6. The molecule has 1 atom stereocenters. The molecule has 0 heterocycles. The van der Waals surface area contributed by atoms with Gasteiger partial charge in [-0.3, -0.25) is 4.79 Å². The van der Waals surface area contributed by atoms with Crippen molar-refractivity contribution in [1.82, 2.24) is 5.32 Å². The summed E-state index contributed by atoms with van der Waals surface area (Å²) in [6.07, 6.45) is 0.698. The Bertz CT molecular complexity index is 362. The van der Waals surface area contributed by atoms with Gasteiger partial charge in [-0.1, -0.05) is 6.92 Å². The highest BCUT2D eigenvalue weighted by molar-refractivity contribution is 5.94. The van der Waals surface area contributed by atoms with E-state index in [1.165, 1.54) is 0 Å². The molecule has 0 aliphatic carbocycles. The second kappa shape index (κ2) is 7.71. The average Bonchev–Trinajstić information content (AvgIpc) is 2.37. The van der Waals surface area contributed by atoms with Crippen LogP contribution in [0, 0.1) is 5.92 Å². The molecule has 0 bridgehead atoms. The summed E-state index contributed by atoms with van der Waals surface area (Å²) in [5.41, 5.74) is 0.620. The minimum Gasteiger partial charge on any atom is -0.494 e. The molecule has 0 aliphatic rings. The van der Waals surface area contributed by atoms with Gasteiger partial charge < -0.3 is 15.2 Å². The van der Waals surface area contributed by atoms with Gasteiger partial charge in [-0.25, -0.2) is 0 Å². The first-order valence-corrected chi connectivity index (χ1v) is 6.29. The maximum absolute atomic E-state index is 11.8. The summed E-state index contributed by atoms with van der Waals surface area (Å²) >= 11 is 0. The fraction of sp³-hybridized carbons (Fsp3) is 0.500. The molecule has 0 fully saturated rings. The minimum absolute atomic E-state index is 0.0946. The van der Waals surface area contributed by atoms with E-state index in [9.17, 15) is 4.79 Å². The van der Waals surface area contributed by atoms with Crippen LogP contribution in [0.2, 0.25) is 0 Å². The topological polar surface area (TPSA) is 58.6 Å². The first-order chi connectivity index (χ1) is 8.67. The lowest BCUT2D eigenvalue weighted by Gasteiger charge is -2.11. The van der Waals surface area contributed by atoms with Crippen LogP contribution in [-0.2, 0) is 0 Å². The number of carbonyl (C=O) groups is 1. The summed E-state index contributed by atoms with van der Waals surface area (Å²) in [6, 6.07) is 7.07. The molecule has 4 heteroatoms. The van der Waals surface area contributed by atoms with Crippen molar-refractivity contribution in [3.63, 3.8) is 0 Å². The molecule has 4 nitrogen and oxygen atoms in total. The third-order valence-corrected chi connectivity index (χ3v) is 2.66. The van der Waals surface area contributed by atoms with Crippen molar-refractivity contribution in [2.75, 3.05) is 19.8 Å². The molecular formula is C14H21NO3. The van der Waals surface area contributed by atoms with Crippen molar-refractivity contribution in [3.8, 4) is 5.75 Å². The summed E-state index contributed by atoms with van der Waals surface area (Å²) in [4.78, 5) is 11.8. The van der Waals surface area contributed by atoms with Crippen molar-refractivity contribution >= 4 is 5.91 Å². The van der Waals surface area contributed by atoms with Crippen molar-refractivity contribution < 1.29 is 14.6 Å². The van der Waals surface area contributed by atoms with E-state index in [1.54, 1.807) is 24.3 Å². The van der Waals surface area contributed by atoms with Gasteiger partial charge in [0.2, 0.25) is 0 Å². The smallest absolute Gasteiger partial charge is 0.251 e. The zero-order valence-corrected chi connectivity index (χ0v) is 11.0. The Morgan fingerprint density at radius 2 is 2.06 bits per heavy atom. The number of rotatable bonds is 7. The second-order valence-electron chi connectivity index (χ2n) is 4.28. The molecule has 1 aromatic carbocycles. The number of carbonyl (C=O) groups excluding carboxylic acids is 1. The molecule has 2 N–H and O–H groups in total. The standard InChI is InChI=1S/C14H21NO3/c1-3-18-13-6-4-12(5-7-13)14(17)15-10-11(2)8-9-16/h4-7,11,16H,3,8-10H2,1-2H3,(H,15,17). The predicted molar refractivity (Wildman–Crippen MR) is 70.8 cm³/mol. The molecule has 1 rings (SSSR count). The van der Waals surface area contributed by atoms with E-state index in [0.29, 0.717) is 25.1 Å². The number of nitrogens with one attached hydrogen (secondary N) is 1. The van der Waals surface area contributed by atoms with Crippen LogP contribution in [0.1, 0.15) is 30.6 Å². The van der Waals surface area contributed by atoms with Crippen LogP contribution in [0.3, 0.4) is 0 Å². The molecule has 0 saturated heterocycles. The number of aliphatic hydroxyl groups excluding tert-OH is 1. The van der Waals surface area contributed by atoms with Crippen molar-refractivity contribution in [1.29, 1.82) is 0 Å². The van der Waals surface area contributed by atoms with E-state index < -0.39 is 0 Å².